The first-order valence-corrected chi connectivity index (χ1v) is 12.1. The number of hydrogen-bond acceptors (Lipinski definition) is 6. The number of aromatic nitrogens is 3. The van der Waals surface area contributed by atoms with Gasteiger partial charge in [0.05, 0.1) is 33.8 Å². The molecule has 4 rings (SSSR count). The molecule has 3 aromatic rings. The third-order valence-corrected chi connectivity index (χ3v) is 6.58. The van der Waals surface area contributed by atoms with Crippen molar-refractivity contribution in [3.05, 3.63) is 39.6 Å². The van der Waals surface area contributed by atoms with Crippen molar-refractivity contribution in [3.8, 4) is 5.88 Å². The van der Waals surface area contributed by atoms with E-state index in [0.29, 0.717) is 5.52 Å². The lowest BCUT2D eigenvalue weighted by molar-refractivity contribution is -0.182. The highest BCUT2D eigenvalue weighted by molar-refractivity contribution is 6.39. The molecule has 0 atom stereocenters. The third kappa shape index (κ3) is 6.55. The van der Waals surface area contributed by atoms with Gasteiger partial charge in [-0.3, -0.25) is 4.79 Å². The SMILES string of the molecule is COCCOc1nc2nc(Nc3c(Cl)cc(F)cc3Cl)[nH]c2cc1C(=O)NC1CCC(C(F)(F)F)CC1. The third-order valence-electron chi connectivity index (χ3n) is 5.98. The Morgan fingerprint density at radius 3 is 2.41 bits per heavy atom. The molecular weight excluding hydrogens is 541 g/mol. The first-order valence-electron chi connectivity index (χ1n) is 11.4. The second-order valence-electron chi connectivity index (χ2n) is 8.57. The van der Waals surface area contributed by atoms with Gasteiger partial charge in [-0.15, -0.1) is 0 Å². The van der Waals surface area contributed by atoms with E-state index >= 15 is 0 Å². The number of hydrogen-bond donors (Lipinski definition) is 3. The first-order chi connectivity index (χ1) is 17.5. The number of nitrogens with zero attached hydrogens (tertiary/aromatic N) is 2. The van der Waals surface area contributed by atoms with Crippen LogP contribution in [0.15, 0.2) is 18.2 Å². The molecule has 0 radical (unpaired) electrons. The molecule has 1 aliphatic carbocycles. The number of amides is 1. The summed E-state index contributed by atoms with van der Waals surface area (Å²) < 4.78 is 63.1. The zero-order valence-electron chi connectivity index (χ0n) is 19.5. The van der Waals surface area contributed by atoms with Crippen LogP contribution in [0, 0.1) is 11.7 Å². The molecule has 200 valence electrons. The number of halogens is 6. The number of benzene rings is 1. The van der Waals surface area contributed by atoms with Crippen molar-refractivity contribution in [2.24, 2.45) is 5.92 Å². The molecule has 0 aliphatic heterocycles. The van der Waals surface area contributed by atoms with Gasteiger partial charge in [-0.2, -0.15) is 23.1 Å². The predicted molar refractivity (Wildman–Crippen MR) is 130 cm³/mol. The number of aromatic amines is 1. The van der Waals surface area contributed by atoms with E-state index in [1.807, 2.05) is 0 Å². The molecule has 37 heavy (non-hydrogen) atoms. The molecule has 1 aliphatic rings. The average Bonchev–Trinajstić information content (AvgIpc) is 3.22. The van der Waals surface area contributed by atoms with Gasteiger partial charge in [0.1, 0.15) is 18.0 Å². The van der Waals surface area contributed by atoms with Gasteiger partial charge in [0.15, 0.2) is 5.65 Å². The quantitative estimate of drug-likeness (QED) is 0.229. The summed E-state index contributed by atoms with van der Waals surface area (Å²) in [6.45, 7) is 0.333. The van der Waals surface area contributed by atoms with Crippen LogP contribution >= 0.6 is 23.2 Å². The molecule has 1 aromatic carbocycles. The van der Waals surface area contributed by atoms with Crippen LogP contribution in [0.4, 0.5) is 29.2 Å². The first kappa shape index (κ1) is 27.2. The molecule has 0 unspecified atom stereocenters. The van der Waals surface area contributed by atoms with Crippen LogP contribution in [-0.2, 0) is 4.74 Å². The summed E-state index contributed by atoms with van der Waals surface area (Å²) in [6.07, 6.45) is -3.91. The Morgan fingerprint density at radius 2 is 1.78 bits per heavy atom. The number of alkyl halides is 3. The molecule has 1 amide bonds. The van der Waals surface area contributed by atoms with Crippen LogP contribution < -0.4 is 15.4 Å². The monoisotopic (exact) mass is 563 g/mol. The van der Waals surface area contributed by atoms with Crippen LogP contribution in [0.2, 0.25) is 10.0 Å². The number of carbonyl (C=O) groups excluding carboxylic acids is 1. The molecular formula is C23H23Cl2F4N5O3. The largest absolute Gasteiger partial charge is 0.475 e. The van der Waals surface area contributed by atoms with E-state index in [-0.39, 0.29) is 77.7 Å². The van der Waals surface area contributed by atoms with Gasteiger partial charge in [0, 0.05) is 13.2 Å². The smallest absolute Gasteiger partial charge is 0.391 e. The summed E-state index contributed by atoms with van der Waals surface area (Å²) in [5.41, 5.74) is 0.857. The lowest BCUT2D eigenvalue weighted by Crippen LogP contribution is -2.40. The second-order valence-corrected chi connectivity index (χ2v) is 9.39. The zero-order chi connectivity index (χ0) is 26.7. The summed E-state index contributed by atoms with van der Waals surface area (Å²) >= 11 is 12.2. The Kier molecular flexibility index (Phi) is 8.29. The summed E-state index contributed by atoms with van der Waals surface area (Å²) in [6, 6.07) is 3.25. The second kappa shape index (κ2) is 11.3. The Bertz CT molecular complexity index is 1260. The van der Waals surface area contributed by atoms with E-state index in [0.717, 1.165) is 12.1 Å². The standard InChI is InChI=1S/C23H23Cl2F4N5O3/c1-36-6-7-37-21-14(20(35)30-13-4-2-11(3-5-13)23(27,28)29)10-17-19(33-21)34-22(31-17)32-18-15(24)8-12(26)9-16(18)25/h8-11,13H,2-7H2,1H3,(H,30,35)(H2,31,32,33,34). The van der Waals surface area contributed by atoms with E-state index in [4.69, 9.17) is 32.7 Å². The minimum absolute atomic E-state index is 0.0121. The lowest BCUT2D eigenvalue weighted by Gasteiger charge is -2.30. The Labute approximate surface area is 219 Å². The van der Waals surface area contributed by atoms with E-state index in [9.17, 15) is 22.4 Å². The van der Waals surface area contributed by atoms with Crippen molar-refractivity contribution in [3.63, 3.8) is 0 Å². The van der Waals surface area contributed by atoms with Crippen LogP contribution in [0.25, 0.3) is 11.2 Å². The van der Waals surface area contributed by atoms with Gasteiger partial charge >= 0.3 is 6.18 Å². The minimum Gasteiger partial charge on any atom is -0.475 e. The topological polar surface area (TPSA) is 101 Å². The maximum atomic E-state index is 13.5. The molecule has 0 saturated heterocycles. The highest BCUT2D eigenvalue weighted by atomic mass is 35.5. The number of imidazole rings is 1. The fourth-order valence-corrected chi connectivity index (χ4v) is 4.64. The maximum Gasteiger partial charge on any atom is 0.391 e. The fourth-order valence-electron chi connectivity index (χ4n) is 4.09. The van der Waals surface area contributed by atoms with Gasteiger partial charge in [0.2, 0.25) is 11.8 Å². The van der Waals surface area contributed by atoms with Crippen LogP contribution in [-0.4, -0.2) is 53.4 Å². The Balaban J connectivity index is 1.57. The van der Waals surface area contributed by atoms with Gasteiger partial charge in [-0.05, 0) is 43.9 Å². The highest BCUT2D eigenvalue weighted by Gasteiger charge is 2.41. The number of nitrogens with one attached hydrogen (secondary N) is 3. The molecule has 8 nitrogen and oxygen atoms in total. The van der Waals surface area contributed by atoms with Gasteiger partial charge in [-0.1, -0.05) is 23.2 Å². The number of rotatable bonds is 8. The summed E-state index contributed by atoms with van der Waals surface area (Å²) in [7, 11) is 1.49. The predicted octanol–water partition coefficient (Wildman–Crippen LogP) is 6.02. The van der Waals surface area contributed by atoms with E-state index < -0.39 is 29.9 Å². The van der Waals surface area contributed by atoms with Gasteiger partial charge in [-0.25, -0.2) is 4.39 Å². The van der Waals surface area contributed by atoms with Crippen LogP contribution in [0.3, 0.4) is 0 Å². The number of H-pyrrole nitrogens is 1. The molecule has 1 fully saturated rings. The van der Waals surface area contributed by atoms with Gasteiger partial charge < -0.3 is 25.1 Å². The highest BCUT2D eigenvalue weighted by Crippen LogP contribution is 2.38. The van der Waals surface area contributed by atoms with E-state index in [2.05, 4.69) is 25.6 Å². The summed E-state index contributed by atoms with van der Waals surface area (Å²) in [4.78, 5) is 24.7. The van der Waals surface area contributed by atoms with Crippen molar-refractivity contribution in [2.75, 3.05) is 25.6 Å². The number of pyridine rings is 1. The van der Waals surface area contributed by atoms with Crippen molar-refractivity contribution >= 4 is 51.9 Å². The number of ether oxygens (including phenoxy) is 2. The Morgan fingerprint density at radius 1 is 1.11 bits per heavy atom. The molecule has 2 aromatic heterocycles. The lowest BCUT2D eigenvalue weighted by atomic mass is 9.85. The minimum atomic E-state index is -4.24. The molecule has 0 spiro atoms. The normalized spacial score (nSPS) is 18.1. The number of fused-ring (bicyclic) bond motifs is 1. The van der Waals surface area contributed by atoms with Crippen LogP contribution in [0.1, 0.15) is 36.0 Å². The van der Waals surface area contributed by atoms with E-state index in [1.54, 1.807) is 0 Å². The van der Waals surface area contributed by atoms with Gasteiger partial charge in [0.25, 0.3) is 5.91 Å². The summed E-state index contributed by atoms with van der Waals surface area (Å²) in [5, 5.41) is 5.72. The zero-order valence-corrected chi connectivity index (χ0v) is 21.0. The molecule has 0 bridgehead atoms. The number of methoxy groups -OCH3 is 1. The maximum absolute atomic E-state index is 13.5. The molecule has 1 saturated carbocycles. The van der Waals surface area contributed by atoms with Crippen molar-refractivity contribution in [1.82, 2.24) is 20.3 Å². The molecule has 2 heterocycles. The van der Waals surface area contributed by atoms with E-state index in [1.165, 1.54) is 13.2 Å². The van der Waals surface area contributed by atoms with Crippen LogP contribution in [0.5, 0.6) is 5.88 Å². The average molecular weight is 564 g/mol. The Hall–Kier alpha value is -2.83. The van der Waals surface area contributed by atoms with Crippen molar-refractivity contribution in [2.45, 2.75) is 37.9 Å². The number of carbonyl (C=O) groups is 1. The fraction of sp³-hybridized carbons (Fsp3) is 0.435. The molecule has 3 N–H and O–H groups in total. The van der Waals surface area contributed by atoms with Crippen molar-refractivity contribution in [1.29, 1.82) is 0 Å². The molecule has 14 heteroatoms. The number of anilines is 2. The summed E-state index contributed by atoms with van der Waals surface area (Å²) in [5.74, 6) is -2.34. The van der Waals surface area contributed by atoms with Crippen molar-refractivity contribution < 1.29 is 31.8 Å².